The number of carboxylic acid groups (broad SMARTS) is 1. The van der Waals surface area contributed by atoms with Crippen molar-refractivity contribution >= 4 is 5.97 Å². The van der Waals surface area contributed by atoms with Crippen LogP contribution in [0.4, 0.5) is 0 Å². The van der Waals surface area contributed by atoms with Gasteiger partial charge in [-0.15, -0.1) is 0 Å². The topological polar surface area (TPSA) is 63.3 Å². The summed E-state index contributed by atoms with van der Waals surface area (Å²) in [6.07, 6.45) is 2.29. The van der Waals surface area contributed by atoms with Gasteiger partial charge in [0, 0.05) is 6.04 Å². The third-order valence-electron chi connectivity index (χ3n) is 1.82. The number of nitrogens with two attached hydrogens (primary N) is 1. The maximum absolute atomic E-state index is 10.3. The zero-order valence-corrected chi connectivity index (χ0v) is 5.21. The van der Waals surface area contributed by atoms with Crippen LogP contribution in [-0.4, -0.2) is 17.1 Å². The van der Waals surface area contributed by atoms with E-state index < -0.39 is 5.97 Å². The molecule has 0 heterocycles. The Morgan fingerprint density at radius 3 is 2.44 bits per heavy atom. The van der Waals surface area contributed by atoms with Crippen LogP contribution in [0, 0.1) is 5.92 Å². The third kappa shape index (κ3) is 1.42. The van der Waals surface area contributed by atoms with Gasteiger partial charge in [-0.3, -0.25) is 4.79 Å². The van der Waals surface area contributed by atoms with Gasteiger partial charge in [0.1, 0.15) is 0 Å². The van der Waals surface area contributed by atoms with Gasteiger partial charge in [-0.25, -0.2) is 0 Å². The third-order valence-corrected chi connectivity index (χ3v) is 1.82. The predicted molar refractivity (Wildman–Crippen MR) is 33.0 cm³/mol. The maximum Gasteiger partial charge on any atom is 0.306 e. The van der Waals surface area contributed by atoms with Crippen LogP contribution in [0.5, 0.6) is 0 Å². The fourth-order valence-corrected chi connectivity index (χ4v) is 1.24. The van der Waals surface area contributed by atoms with E-state index in [0.717, 1.165) is 12.8 Å². The molecule has 1 aliphatic rings. The normalized spacial score (nSPS) is 34.8. The van der Waals surface area contributed by atoms with Crippen LogP contribution in [0.2, 0.25) is 0 Å². The first-order valence-corrected chi connectivity index (χ1v) is 3.18. The van der Waals surface area contributed by atoms with Crippen molar-refractivity contribution in [3.8, 4) is 0 Å². The molecule has 52 valence electrons. The van der Waals surface area contributed by atoms with Crippen molar-refractivity contribution in [2.45, 2.75) is 25.3 Å². The highest BCUT2D eigenvalue weighted by molar-refractivity contribution is 5.70. The molecule has 0 aromatic heterocycles. The van der Waals surface area contributed by atoms with E-state index in [1.165, 1.54) is 0 Å². The first kappa shape index (κ1) is 6.55. The molecule has 0 aromatic rings. The van der Waals surface area contributed by atoms with Crippen molar-refractivity contribution in [3.05, 3.63) is 0 Å². The number of hydrogen-bond acceptors (Lipinski definition) is 2. The molecule has 2 atom stereocenters. The van der Waals surface area contributed by atoms with E-state index in [1.807, 2.05) is 0 Å². The molecule has 1 fully saturated rings. The highest BCUT2D eigenvalue weighted by atomic mass is 16.4. The monoisotopic (exact) mass is 129 g/mol. The molecule has 3 N–H and O–H groups in total. The highest BCUT2D eigenvalue weighted by Crippen LogP contribution is 2.23. The average Bonchev–Trinajstić information content (AvgIpc) is 2.14. The second kappa shape index (κ2) is 2.35. The minimum Gasteiger partial charge on any atom is -0.481 e. The molecule has 1 saturated carbocycles. The van der Waals surface area contributed by atoms with Crippen LogP contribution >= 0.6 is 0 Å². The minimum absolute atomic E-state index is 0.131. The Bertz CT molecular complexity index is 124. The summed E-state index contributed by atoms with van der Waals surface area (Å²) in [6, 6.07) is 0.131. The van der Waals surface area contributed by atoms with E-state index in [0.29, 0.717) is 6.42 Å². The summed E-state index contributed by atoms with van der Waals surface area (Å²) in [7, 11) is 0. The van der Waals surface area contributed by atoms with E-state index in [-0.39, 0.29) is 12.0 Å². The first-order chi connectivity index (χ1) is 4.20. The predicted octanol–water partition coefficient (Wildman–Crippen LogP) is 0.198. The van der Waals surface area contributed by atoms with Gasteiger partial charge in [-0.05, 0) is 19.3 Å². The summed E-state index contributed by atoms with van der Waals surface area (Å²) >= 11 is 0. The molecule has 0 aliphatic heterocycles. The van der Waals surface area contributed by atoms with Gasteiger partial charge in [-0.2, -0.15) is 0 Å². The number of aliphatic carboxylic acids is 1. The number of carboxylic acids is 1. The zero-order valence-electron chi connectivity index (χ0n) is 5.21. The zero-order chi connectivity index (χ0) is 6.85. The quantitative estimate of drug-likeness (QED) is 0.531. The molecule has 3 heteroatoms. The van der Waals surface area contributed by atoms with Crippen molar-refractivity contribution in [3.63, 3.8) is 0 Å². The summed E-state index contributed by atoms with van der Waals surface area (Å²) in [5.41, 5.74) is 5.50. The van der Waals surface area contributed by atoms with Crippen LogP contribution < -0.4 is 5.73 Å². The smallest absolute Gasteiger partial charge is 0.306 e. The average molecular weight is 129 g/mol. The van der Waals surface area contributed by atoms with Crippen molar-refractivity contribution in [1.82, 2.24) is 0 Å². The van der Waals surface area contributed by atoms with Crippen LogP contribution in [0.3, 0.4) is 0 Å². The molecule has 0 spiro atoms. The summed E-state index contributed by atoms with van der Waals surface area (Å²) in [4.78, 5) is 10.3. The molecule has 1 unspecified atom stereocenters. The van der Waals surface area contributed by atoms with Crippen molar-refractivity contribution in [1.29, 1.82) is 0 Å². The largest absolute Gasteiger partial charge is 0.481 e. The Morgan fingerprint density at radius 2 is 2.22 bits per heavy atom. The van der Waals surface area contributed by atoms with Crippen LogP contribution in [0.25, 0.3) is 0 Å². The SMILES string of the molecule is NC1CC[C@@H](C(=O)O)C1. The van der Waals surface area contributed by atoms with Gasteiger partial charge in [0.25, 0.3) is 0 Å². The van der Waals surface area contributed by atoms with Gasteiger partial charge in [0.15, 0.2) is 0 Å². The summed E-state index contributed by atoms with van der Waals surface area (Å²) in [5.74, 6) is -0.858. The van der Waals surface area contributed by atoms with Crippen LogP contribution in [-0.2, 0) is 4.79 Å². The number of rotatable bonds is 1. The van der Waals surface area contributed by atoms with E-state index in [9.17, 15) is 4.79 Å². The van der Waals surface area contributed by atoms with Gasteiger partial charge in [-0.1, -0.05) is 0 Å². The van der Waals surface area contributed by atoms with Gasteiger partial charge < -0.3 is 10.8 Å². The minimum atomic E-state index is -0.692. The molecule has 9 heavy (non-hydrogen) atoms. The molecule has 0 saturated heterocycles. The van der Waals surface area contributed by atoms with Gasteiger partial charge in [0.2, 0.25) is 0 Å². The lowest BCUT2D eigenvalue weighted by molar-refractivity contribution is -0.141. The molecule has 0 radical (unpaired) electrons. The van der Waals surface area contributed by atoms with Crippen molar-refractivity contribution < 1.29 is 9.90 Å². The first-order valence-electron chi connectivity index (χ1n) is 3.18. The lowest BCUT2D eigenvalue weighted by Gasteiger charge is -1.99. The lowest BCUT2D eigenvalue weighted by Crippen LogP contribution is -2.17. The molecule has 3 nitrogen and oxygen atoms in total. The van der Waals surface area contributed by atoms with E-state index in [2.05, 4.69) is 0 Å². The Balaban J connectivity index is 2.39. The van der Waals surface area contributed by atoms with E-state index in [1.54, 1.807) is 0 Å². The van der Waals surface area contributed by atoms with Crippen LogP contribution in [0.15, 0.2) is 0 Å². The standard InChI is InChI=1S/C6H11NO2/c7-5-2-1-4(3-5)6(8)9/h4-5H,1-3,7H2,(H,8,9)/t4-,5?/m1/s1. The molecular formula is C6H11NO2. The second-order valence-corrected chi connectivity index (χ2v) is 2.61. The van der Waals surface area contributed by atoms with E-state index in [4.69, 9.17) is 10.8 Å². The maximum atomic E-state index is 10.3. The summed E-state index contributed by atoms with van der Waals surface area (Å²) in [6.45, 7) is 0. The van der Waals surface area contributed by atoms with Crippen molar-refractivity contribution in [2.75, 3.05) is 0 Å². The van der Waals surface area contributed by atoms with Crippen LogP contribution in [0.1, 0.15) is 19.3 Å². The van der Waals surface area contributed by atoms with Gasteiger partial charge >= 0.3 is 5.97 Å². The van der Waals surface area contributed by atoms with E-state index >= 15 is 0 Å². The number of hydrogen-bond donors (Lipinski definition) is 2. The fourth-order valence-electron chi connectivity index (χ4n) is 1.24. The second-order valence-electron chi connectivity index (χ2n) is 2.61. The Morgan fingerprint density at radius 1 is 1.56 bits per heavy atom. The van der Waals surface area contributed by atoms with Crippen molar-refractivity contribution in [2.24, 2.45) is 11.7 Å². The number of carbonyl (C=O) groups is 1. The summed E-state index contributed by atoms with van der Waals surface area (Å²) in [5, 5.41) is 8.48. The Hall–Kier alpha value is -0.570. The molecule has 1 aliphatic carbocycles. The summed E-state index contributed by atoms with van der Waals surface area (Å²) < 4.78 is 0. The highest BCUT2D eigenvalue weighted by Gasteiger charge is 2.26. The lowest BCUT2D eigenvalue weighted by atomic mass is 10.1. The molecule has 1 rings (SSSR count). The Kier molecular flexibility index (Phi) is 1.71. The fraction of sp³-hybridized carbons (Fsp3) is 0.833. The Labute approximate surface area is 53.9 Å². The van der Waals surface area contributed by atoms with Gasteiger partial charge in [0.05, 0.1) is 5.92 Å². The molecule has 0 aromatic carbocycles. The molecule has 0 amide bonds. The molecular weight excluding hydrogens is 118 g/mol. The molecule has 0 bridgehead atoms.